The number of nitriles is 1. The zero-order chi connectivity index (χ0) is 28.6. The van der Waals surface area contributed by atoms with Crippen LogP contribution < -0.4 is 5.32 Å². The second-order valence-corrected chi connectivity index (χ2v) is 11.9. The Hall–Kier alpha value is -4.55. The van der Waals surface area contributed by atoms with Crippen molar-refractivity contribution in [1.82, 2.24) is 20.1 Å². The van der Waals surface area contributed by atoms with Crippen molar-refractivity contribution in [3.63, 3.8) is 0 Å². The Morgan fingerprint density at radius 2 is 1.95 bits per heavy atom. The Kier molecular flexibility index (Phi) is 7.01. The molecule has 3 fully saturated rings. The van der Waals surface area contributed by atoms with Crippen LogP contribution in [-0.2, 0) is 22.4 Å². The highest BCUT2D eigenvalue weighted by Gasteiger charge is 2.64. The minimum absolute atomic E-state index is 0.102. The monoisotopic (exact) mass is 563 g/mol. The highest BCUT2D eigenvalue weighted by atomic mass is 32.1. The molecular weight excluding hydrogens is 534 g/mol. The molecule has 1 N–H and O–H groups in total. The van der Waals surface area contributed by atoms with Crippen LogP contribution in [0, 0.1) is 23.2 Å². The molecule has 41 heavy (non-hydrogen) atoms. The van der Waals surface area contributed by atoms with Gasteiger partial charge in [-0.25, -0.2) is 0 Å². The number of ketones is 1. The molecule has 2 saturated heterocycles. The summed E-state index contributed by atoms with van der Waals surface area (Å²) in [4.78, 5) is 49.4. The van der Waals surface area contributed by atoms with Gasteiger partial charge in [-0.1, -0.05) is 24.3 Å². The van der Waals surface area contributed by atoms with Crippen molar-refractivity contribution in [3.8, 4) is 6.07 Å². The number of thiophene rings is 1. The normalized spacial score (nSPS) is 25.5. The first-order valence-corrected chi connectivity index (χ1v) is 14.5. The van der Waals surface area contributed by atoms with E-state index >= 15 is 0 Å². The fourth-order valence-corrected chi connectivity index (χ4v) is 6.93. The molecule has 6 rings (SSSR count). The summed E-state index contributed by atoms with van der Waals surface area (Å²) in [6, 6.07) is 16.2. The average molecular weight is 564 g/mol. The Morgan fingerprint density at radius 1 is 1.17 bits per heavy atom. The van der Waals surface area contributed by atoms with E-state index in [1.165, 1.54) is 6.08 Å². The largest absolute Gasteiger partial charge is 0.357 e. The van der Waals surface area contributed by atoms with Crippen LogP contribution in [0.15, 0.2) is 90.9 Å². The molecule has 0 spiro atoms. The summed E-state index contributed by atoms with van der Waals surface area (Å²) in [5.74, 6) is 0.456. The minimum Gasteiger partial charge on any atom is -0.357 e. The summed E-state index contributed by atoms with van der Waals surface area (Å²) in [6.45, 7) is 5.10. The van der Waals surface area contributed by atoms with Crippen LogP contribution in [0.25, 0.3) is 0 Å². The highest BCUT2D eigenvalue weighted by molar-refractivity contribution is 7.10. The third-order valence-electron chi connectivity index (χ3n) is 8.25. The fourth-order valence-electron chi connectivity index (χ4n) is 6.23. The number of carbonyl (C=O) groups excluding carboxylic acids is 3. The molecule has 206 valence electrons. The number of pyridine rings is 1. The molecule has 4 atom stereocenters. The third-order valence-corrected chi connectivity index (χ3v) is 9.13. The molecule has 1 saturated carbocycles. The standard InChI is InChI=1S/C32H29N5O3S/c1-2-10-32(17-21-8-11-34-12-9-21)31(40)37(28(35-32)16-27(38)23-6-3-5-22(14-23)18-33)30-25-19-36(20-26(25)30)29(39)15-24-7-4-13-41-24/h2-9,11-14,16,25-26,30,35H,1,10,15,17,19-20H2/b28-16+/t25-,26+,30?,32?. The number of nitrogens with zero attached hydrogens (tertiary/aromatic N) is 4. The Balaban J connectivity index is 1.28. The van der Waals surface area contributed by atoms with Crippen LogP contribution in [0.5, 0.6) is 0 Å². The molecular formula is C32H29N5O3S. The first-order chi connectivity index (χ1) is 19.9. The number of likely N-dealkylation sites (tertiary alicyclic amines) is 1. The van der Waals surface area contributed by atoms with Crippen LogP contribution >= 0.6 is 11.3 Å². The second kappa shape index (κ2) is 10.8. The Bertz CT molecular complexity index is 1570. The molecule has 2 unspecified atom stereocenters. The lowest BCUT2D eigenvalue weighted by atomic mass is 9.87. The molecule has 9 heteroatoms. The van der Waals surface area contributed by atoms with Crippen molar-refractivity contribution in [2.45, 2.75) is 30.8 Å². The van der Waals surface area contributed by atoms with Gasteiger partial charge >= 0.3 is 0 Å². The number of amides is 2. The van der Waals surface area contributed by atoms with E-state index in [1.54, 1.807) is 59.0 Å². The smallest absolute Gasteiger partial charge is 0.254 e. The lowest BCUT2D eigenvalue weighted by Crippen LogP contribution is -2.49. The van der Waals surface area contributed by atoms with E-state index in [0.29, 0.717) is 49.3 Å². The zero-order valence-electron chi connectivity index (χ0n) is 22.4. The van der Waals surface area contributed by atoms with Gasteiger partial charge in [-0.15, -0.1) is 17.9 Å². The summed E-state index contributed by atoms with van der Waals surface area (Å²) >= 11 is 1.58. The summed E-state index contributed by atoms with van der Waals surface area (Å²) in [7, 11) is 0. The molecule has 8 nitrogen and oxygen atoms in total. The maximum absolute atomic E-state index is 14.3. The summed E-state index contributed by atoms with van der Waals surface area (Å²) in [5, 5.41) is 14.7. The Labute approximate surface area is 242 Å². The van der Waals surface area contributed by atoms with E-state index in [1.807, 2.05) is 34.5 Å². The van der Waals surface area contributed by atoms with E-state index in [0.717, 1.165) is 10.4 Å². The van der Waals surface area contributed by atoms with Gasteiger partial charge in [0.15, 0.2) is 5.78 Å². The molecule has 3 aliphatic rings. The maximum atomic E-state index is 14.3. The predicted molar refractivity (Wildman–Crippen MR) is 154 cm³/mol. The van der Waals surface area contributed by atoms with E-state index in [4.69, 9.17) is 0 Å². The molecule has 0 radical (unpaired) electrons. The number of aromatic nitrogens is 1. The van der Waals surface area contributed by atoms with E-state index < -0.39 is 5.54 Å². The van der Waals surface area contributed by atoms with Gasteiger partial charge in [0.05, 0.1) is 18.1 Å². The van der Waals surface area contributed by atoms with Gasteiger partial charge in [-0.05, 0) is 47.7 Å². The van der Waals surface area contributed by atoms with Gasteiger partial charge < -0.3 is 10.2 Å². The number of hydrogen-bond donors (Lipinski definition) is 1. The number of nitrogens with one attached hydrogen (secondary N) is 1. The van der Waals surface area contributed by atoms with Gasteiger partial charge in [-0.3, -0.25) is 24.3 Å². The van der Waals surface area contributed by atoms with Crippen LogP contribution in [0.2, 0.25) is 0 Å². The first-order valence-electron chi connectivity index (χ1n) is 13.6. The van der Waals surface area contributed by atoms with Crippen molar-refractivity contribution in [2.24, 2.45) is 11.8 Å². The van der Waals surface area contributed by atoms with Crippen LogP contribution in [-0.4, -0.2) is 57.1 Å². The summed E-state index contributed by atoms with van der Waals surface area (Å²) < 4.78 is 0. The first kappa shape index (κ1) is 26.7. The minimum atomic E-state index is -1.00. The zero-order valence-corrected chi connectivity index (χ0v) is 23.2. The maximum Gasteiger partial charge on any atom is 0.254 e. The van der Waals surface area contributed by atoms with Gasteiger partial charge in [0.1, 0.15) is 11.4 Å². The molecule has 1 aromatic carbocycles. The van der Waals surface area contributed by atoms with Gasteiger partial charge in [0, 0.05) is 66.3 Å². The van der Waals surface area contributed by atoms with Crippen molar-refractivity contribution in [1.29, 1.82) is 5.26 Å². The van der Waals surface area contributed by atoms with Crippen LogP contribution in [0.4, 0.5) is 0 Å². The number of carbonyl (C=O) groups is 3. The molecule has 3 aromatic rings. The number of fused-ring (bicyclic) bond motifs is 1. The summed E-state index contributed by atoms with van der Waals surface area (Å²) in [5.41, 5.74) is 0.708. The van der Waals surface area contributed by atoms with Crippen LogP contribution in [0.3, 0.4) is 0 Å². The van der Waals surface area contributed by atoms with Crippen LogP contribution in [0.1, 0.15) is 32.8 Å². The molecule has 4 heterocycles. The number of rotatable bonds is 9. The lowest BCUT2D eigenvalue weighted by Gasteiger charge is -2.27. The van der Waals surface area contributed by atoms with Crippen molar-refractivity contribution in [2.75, 3.05) is 13.1 Å². The fraction of sp³-hybridized carbons (Fsp3) is 0.281. The van der Waals surface area contributed by atoms with Gasteiger partial charge in [-0.2, -0.15) is 5.26 Å². The number of piperidine rings is 1. The molecule has 2 aliphatic heterocycles. The SMILES string of the molecule is C=CCC1(Cc2ccncc2)N/C(=C\C(=O)c2cccc(C#N)c2)N(C2[C@H]3CN(C(=O)Cc4cccs4)C[C@@H]23)C1=O. The number of benzene rings is 1. The third kappa shape index (κ3) is 5.07. The molecule has 1 aliphatic carbocycles. The molecule has 2 amide bonds. The van der Waals surface area contributed by atoms with Crippen molar-refractivity contribution in [3.05, 3.63) is 112 Å². The van der Waals surface area contributed by atoms with E-state index in [9.17, 15) is 19.6 Å². The topological polar surface area (TPSA) is 106 Å². The van der Waals surface area contributed by atoms with E-state index in [-0.39, 0.29) is 35.5 Å². The summed E-state index contributed by atoms with van der Waals surface area (Å²) in [6.07, 6.45) is 7.76. The molecule has 2 aromatic heterocycles. The quantitative estimate of drug-likeness (QED) is 0.242. The highest BCUT2D eigenvalue weighted by Crippen LogP contribution is 2.52. The predicted octanol–water partition coefficient (Wildman–Crippen LogP) is 3.73. The van der Waals surface area contributed by atoms with Crippen molar-refractivity contribution >= 4 is 28.9 Å². The molecule has 0 bridgehead atoms. The Morgan fingerprint density at radius 3 is 2.63 bits per heavy atom. The average Bonchev–Trinajstić information content (AvgIpc) is 3.37. The lowest BCUT2D eigenvalue weighted by molar-refractivity contribution is -0.133. The van der Waals surface area contributed by atoms with Crippen molar-refractivity contribution < 1.29 is 14.4 Å². The van der Waals surface area contributed by atoms with E-state index in [2.05, 4.69) is 22.9 Å². The second-order valence-electron chi connectivity index (χ2n) is 10.9. The number of allylic oxidation sites excluding steroid dienone is 1. The van der Waals surface area contributed by atoms with Gasteiger partial charge in [0.2, 0.25) is 5.91 Å². The number of hydrogen-bond acceptors (Lipinski definition) is 7. The van der Waals surface area contributed by atoms with Gasteiger partial charge in [0.25, 0.3) is 5.91 Å².